The van der Waals surface area contributed by atoms with E-state index in [0.717, 1.165) is 77.0 Å². The molecule has 6 nitrogen and oxygen atoms in total. The van der Waals surface area contributed by atoms with Crippen LogP contribution in [0.3, 0.4) is 0 Å². The summed E-state index contributed by atoms with van der Waals surface area (Å²) in [6.07, 6.45) is 19.9. The maximum atomic E-state index is 12.8. The first-order valence-corrected chi connectivity index (χ1v) is 15.7. The van der Waals surface area contributed by atoms with E-state index in [1.54, 1.807) is 17.9 Å². The van der Waals surface area contributed by atoms with E-state index in [-0.39, 0.29) is 42.9 Å². The lowest BCUT2D eigenvalue weighted by molar-refractivity contribution is -0.151. The van der Waals surface area contributed by atoms with Crippen LogP contribution in [0.15, 0.2) is 12.2 Å². The Labute approximate surface area is 234 Å². The summed E-state index contributed by atoms with van der Waals surface area (Å²) in [6.45, 7) is 11.3. The first kappa shape index (κ1) is 36.1. The van der Waals surface area contributed by atoms with Gasteiger partial charge in [0.15, 0.2) is 0 Å². The Morgan fingerprint density at radius 3 is 1.37 bits per heavy atom. The second-order valence-corrected chi connectivity index (χ2v) is 10.5. The van der Waals surface area contributed by atoms with Crippen LogP contribution in [0.25, 0.3) is 0 Å². The predicted molar refractivity (Wildman–Crippen MR) is 157 cm³/mol. The van der Waals surface area contributed by atoms with Crippen LogP contribution in [-0.4, -0.2) is 49.0 Å². The normalized spacial score (nSPS) is 12.9. The fourth-order valence-electron chi connectivity index (χ4n) is 4.62. The minimum absolute atomic E-state index is 0.0650. The van der Waals surface area contributed by atoms with Gasteiger partial charge in [0.25, 0.3) is 0 Å². The van der Waals surface area contributed by atoms with Crippen molar-refractivity contribution in [1.82, 2.24) is 4.90 Å². The maximum absolute atomic E-state index is 12.8. The van der Waals surface area contributed by atoms with Crippen LogP contribution in [0.5, 0.6) is 0 Å². The van der Waals surface area contributed by atoms with E-state index < -0.39 is 0 Å². The van der Waals surface area contributed by atoms with E-state index in [0.29, 0.717) is 13.1 Å². The van der Waals surface area contributed by atoms with Crippen molar-refractivity contribution in [2.45, 2.75) is 137 Å². The first-order chi connectivity index (χ1) is 18.4. The number of nitrogens with zero attached hydrogens (tertiary/aromatic N) is 1. The number of rotatable bonds is 25. The van der Waals surface area contributed by atoms with Gasteiger partial charge in [0.1, 0.15) is 13.2 Å². The fraction of sp³-hybridized carbons (Fsp3) is 0.844. The number of hydrogen-bond acceptors (Lipinski definition) is 5. The second-order valence-electron chi connectivity index (χ2n) is 10.5. The summed E-state index contributed by atoms with van der Waals surface area (Å²) in [7, 11) is 0. The molecule has 0 heterocycles. The molecule has 6 heteroatoms. The molecule has 0 fully saturated rings. The zero-order chi connectivity index (χ0) is 28.4. The molecule has 0 N–H and O–H groups in total. The van der Waals surface area contributed by atoms with Gasteiger partial charge in [-0.3, -0.25) is 14.4 Å². The van der Waals surface area contributed by atoms with Crippen LogP contribution >= 0.6 is 0 Å². The van der Waals surface area contributed by atoms with Gasteiger partial charge < -0.3 is 14.4 Å². The molecule has 0 aliphatic rings. The van der Waals surface area contributed by atoms with Gasteiger partial charge >= 0.3 is 11.9 Å². The molecule has 0 spiro atoms. The second kappa shape index (κ2) is 25.4. The Morgan fingerprint density at radius 1 is 0.605 bits per heavy atom. The Balaban J connectivity index is 4.81. The van der Waals surface area contributed by atoms with Crippen LogP contribution < -0.4 is 0 Å². The zero-order valence-electron chi connectivity index (χ0n) is 25.4. The summed E-state index contributed by atoms with van der Waals surface area (Å²) in [6, 6.07) is 0. The van der Waals surface area contributed by atoms with Gasteiger partial charge in [-0.1, -0.05) is 111 Å². The molecule has 1 amide bonds. The van der Waals surface area contributed by atoms with E-state index >= 15 is 0 Å². The molecule has 0 aromatic heterocycles. The third-order valence-corrected chi connectivity index (χ3v) is 7.12. The molecular formula is C32H59NO5. The summed E-state index contributed by atoms with van der Waals surface area (Å²) in [5.41, 5.74) is 0. The van der Waals surface area contributed by atoms with Gasteiger partial charge in [0.2, 0.25) is 5.91 Å². The van der Waals surface area contributed by atoms with Gasteiger partial charge in [0, 0.05) is 0 Å². The van der Waals surface area contributed by atoms with Crippen molar-refractivity contribution in [2.75, 3.05) is 26.3 Å². The molecule has 0 aromatic rings. The number of carbonyl (C=O) groups is 3. The van der Waals surface area contributed by atoms with Crippen molar-refractivity contribution in [2.24, 2.45) is 11.8 Å². The highest BCUT2D eigenvalue weighted by Crippen LogP contribution is 2.20. The molecule has 0 rings (SSSR count). The molecule has 222 valence electrons. The minimum atomic E-state index is -0.163. The average Bonchev–Trinajstić information content (AvgIpc) is 2.91. The molecule has 0 bridgehead atoms. The molecule has 0 saturated carbocycles. The van der Waals surface area contributed by atoms with Crippen molar-refractivity contribution in [3.05, 3.63) is 12.2 Å². The van der Waals surface area contributed by atoms with Gasteiger partial charge in [-0.05, 0) is 38.7 Å². The van der Waals surface area contributed by atoms with Gasteiger partial charge in [0.05, 0.1) is 24.9 Å². The minimum Gasteiger partial charge on any atom is -0.464 e. The highest BCUT2D eigenvalue weighted by molar-refractivity contribution is 5.87. The van der Waals surface area contributed by atoms with Crippen molar-refractivity contribution in [3.63, 3.8) is 0 Å². The summed E-state index contributed by atoms with van der Waals surface area (Å²) >= 11 is 0. The average molecular weight is 538 g/mol. The number of amides is 1. The van der Waals surface area contributed by atoms with Crippen molar-refractivity contribution in [1.29, 1.82) is 0 Å². The van der Waals surface area contributed by atoms with E-state index in [9.17, 15) is 14.4 Å². The number of unbranched alkanes of at least 4 members (excludes halogenated alkanes) is 8. The molecule has 0 saturated heterocycles. The molecule has 0 aliphatic carbocycles. The standard InChI is InChI=1S/C32H59NO5/c1-6-11-15-17-22-28(20-13-8-3)31(35)37-26-24-33(30(34)19-10-5)25-27-38-32(36)29(21-14-9-4)23-18-16-12-7-2/h10,19,28-29H,6-9,11-18,20-27H2,1-5H3/b19-10-. The third-order valence-electron chi connectivity index (χ3n) is 7.12. The molecule has 38 heavy (non-hydrogen) atoms. The highest BCUT2D eigenvalue weighted by atomic mass is 16.5. The van der Waals surface area contributed by atoms with Crippen LogP contribution in [0, 0.1) is 11.8 Å². The summed E-state index contributed by atoms with van der Waals surface area (Å²) in [5.74, 6) is -0.596. The Kier molecular flexibility index (Phi) is 24.2. The third kappa shape index (κ3) is 18.4. The molecule has 2 unspecified atom stereocenters. The smallest absolute Gasteiger partial charge is 0.308 e. The number of esters is 2. The summed E-state index contributed by atoms with van der Waals surface area (Å²) in [5, 5.41) is 0. The number of carbonyl (C=O) groups excluding carboxylic acids is 3. The van der Waals surface area contributed by atoms with Crippen LogP contribution in [0.4, 0.5) is 0 Å². The quantitative estimate of drug-likeness (QED) is 0.0669. The molecule has 0 aliphatic heterocycles. The Bertz CT molecular complexity index is 591. The molecule has 0 aromatic carbocycles. The van der Waals surface area contributed by atoms with Crippen LogP contribution in [-0.2, 0) is 23.9 Å². The lowest BCUT2D eigenvalue weighted by atomic mass is 9.95. The van der Waals surface area contributed by atoms with E-state index in [1.807, 2.05) is 0 Å². The van der Waals surface area contributed by atoms with E-state index in [4.69, 9.17) is 9.47 Å². The van der Waals surface area contributed by atoms with E-state index in [2.05, 4.69) is 27.7 Å². The first-order valence-electron chi connectivity index (χ1n) is 15.7. The fourth-order valence-corrected chi connectivity index (χ4v) is 4.62. The number of allylic oxidation sites excluding steroid dienone is 1. The van der Waals surface area contributed by atoms with Crippen LogP contribution in [0.1, 0.15) is 137 Å². The largest absolute Gasteiger partial charge is 0.464 e. The van der Waals surface area contributed by atoms with Crippen molar-refractivity contribution in [3.8, 4) is 0 Å². The molecule has 2 atom stereocenters. The highest BCUT2D eigenvalue weighted by Gasteiger charge is 2.22. The van der Waals surface area contributed by atoms with Crippen LogP contribution in [0.2, 0.25) is 0 Å². The summed E-state index contributed by atoms with van der Waals surface area (Å²) in [4.78, 5) is 39.8. The van der Waals surface area contributed by atoms with Crippen molar-refractivity contribution < 1.29 is 23.9 Å². The van der Waals surface area contributed by atoms with Crippen molar-refractivity contribution >= 4 is 17.8 Å². The SMILES string of the molecule is C/C=C\C(=O)N(CCOC(=O)C(CCCC)CCCCCC)CCOC(=O)C(CCCC)CCCCCC. The Morgan fingerprint density at radius 2 is 1.00 bits per heavy atom. The topological polar surface area (TPSA) is 72.9 Å². The number of hydrogen-bond donors (Lipinski definition) is 0. The Hall–Kier alpha value is -1.85. The van der Waals surface area contributed by atoms with Gasteiger partial charge in [-0.25, -0.2) is 0 Å². The monoisotopic (exact) mass is 537 g/mol. The molecule has 0 radical (unpaired) electrons. The van der Waals surface area contributed by atoms with Gasteiger partial charge in [-0.2, -0.15) is 0 Å². The predicted octanol–water partition coefficient (Wildman–Crippen LogP) is 8.03. The zero-order valence-corrected chi connectivity index (χ0v) is 25.4. The maximum Gasteiger partial charge on any atom is 0.308 e. The van der Waals surface area contributed by atoms with E-state index in [1.165, 1.54) is 31.8 Å². The lowest BCUT2D eigenvalue weighted by Gasteiger charge is -2.23. The van der Waals surface area contributed by atoms with Gasteiger partial charge in [-0.15, -0.1) is 0 Å². The summed E-state index contributed by atoms with van der Waals surface area (Å²) < 4.78 is 11.3. The number of ether oxygens (including phenoxy) is 2. The molecular weight excluding hydrogens is 478 g/mol. The lowest BCUT2D eigenvalue weighted by Crippen LogP contribution is -2.37.